The highest BCUT2D eigenvalue weighted by Crippen LogP contribution is 2.32. The van der Waals surface area contributed by atoms with Crippen molar-refractivity contribution in [2.75, 3.05) is 11.4 Å². The number of nitrogens with zero attached hydrogens (tertiary/aromatic N) is 1. The van der Waals surface area contributed by atoms with Crippen molar-refractivity contribution in [1.82, 2.24) is 10.3 Å². The van der Waals surface area contributed by atoms with E-state index in [4.69, 9.17) is 0 Å². The first-order chi connectivity index (χ1) is 12.6. The summed E-state index contributed by atoms with van der Waals surface area (Å²) in [5.74, 6) is -0.206. The molecule has 2 heterocycles. The molecular formula is C21H21N3O2. The van der Waals surface area contributed by atoms with Crippen molar-refractivity contribution in [2.24, 2.45) is 0 Å². The summed E-state index contributed by atoms with van der Waals surface area (Å²) in [6.45, 7) is 2.05. The molecule has 1 aliphatic heterocycles. The third-order valence-electron chi connectivity index (χ3n) is 4.99. The van der Waals surface area contributed by atoms with Gasteiger partial charge in [-0.3, -0.25) is 14.5 Å². The molecule has 0 radical (unpaired) electrons. The van der Waals surface area contributed by atoms with Crippen molar-refractivity contribution in [3.8, 4) is 0 Å². The number of hydrogen-bond donors (Lipinski definition) is 2. The van der Waals surface area contributed by atoms with Gasteiger partial charge >= 0.3 is 0 Å². The van der Waals surface area contributed by atoms with Crippen LogP contribution in [-0.2, 0) is 22.4 Å². The molecular weight excluding hydrogens is 326 g/mol. The third-order valence-corrected chi connectivity index (χ3v) is 4.99. The minimum absolute atomic E-state index is 0.101. The highest BCUT2D eigenvalue weighted by Gasteiger charge is 2.36. The number of hydrogen-bond acceptors (Lipinski definition) is 2. The van der Waals surface area contributed by atoms with Gasteiger partial charge in [0, 0.05) is 42.7 Å². The highest BCUT2D eigenvalue weighted by atomic mass is 16.2. The van der Waals surface area contributed by atoms with Crippen molar-refractivity contribution in [3.05, 3.63) is 65.9 Å². The molecule has 1 unspecified atom stereocenters. The van der Waals surface area contributed by atoms with E-state index >= 15 is 0 Å². The number of amides is 2. The van der Waals surface area contributed by atoms with Gasteiger partial charge in [-0.25, -0.2) is 0 Å². The summed E-state index contributed by atoms with van der Waals surface area (Å²) < 4.78 is 0. The van der Waals surface area contributed by atoms with Gasteiger partial charge in [0.15, 0.2) is 0 Å². The largest absolute Gasteiger partial charge is 0.361 e. The van der Waals surface area contributed by atoms with Gasteiger partial charge in [0.25, 0.3) is 0 Å². The van der Waals surface area contributed by atoms with E-state index in [2.05, 4.69) is 16.4 Å². The Labute approximate surface area is 152 Å². The molecule has 26 heavy (non-hydrogen) atoms. The number of carbonyl (C=O) groups excluding carboxylic acids is 2. The van der Waals surface area contributed by atoms with Crippen molar-refractivity contribution in [1.29, 1.82) is 0 Å². The third kappa shape index (κ3) is 2.86. The van der Waals surface area contributed by atoms with Gasteiger partial charge in [-0.15, -0.1) is 0 Å². The predicted molar refractivity (Wildman–Crippen MR) is 102 cm³/mol. The molecule has 4 rings (SSSR count). The Morgan fingerprint density at radius 2 is 1.92 bits per heavy atom. The molecule has 132 valence electrons. The fourth-order valence-electron chi connectivity index (χ4n) is 3.76. The van der Waals surface area contributed by atoms with Crippen LogP contribution in [0, 0.1) is 0 Å². The molecule has 0 spiro atoms. The molecule has 0 aliphatic carbocycles. The van der Waals surface area contributed by atoms with E-state index in [1.54, 1.807) is 4.90 Å². The number of para-hydroxylation sites is 2. The van der Waals surface area contributed by atoms with Gasteiger partial charge < -0.3 is 10.3 Å². The van der Waals surface area contributed by atoms with Crippen molar-refractivity contribution in [3.63, 3.8) is 0 Å². The first-order valence-electron chi connectivity index (χ1n) is 8.85. The van der Waals surface area contributed by atoms with E-state index in [0.717, 1.165) is 23.2 Å². The maximum absolute atomic E-state index is 12.7. The lowest BCUT2D eigenvalue weighted by molar-refractivity contribution is -0.125. The Balaban J connectivity index is 1.43. The molecule has 3 aromatic rings. The van der Waals surface area contributed by atoms with Gasteiger partial charge in [0.2, 0.25) is 11.8 Å². The minimum atomic E-state index is -0.465. The van der Waals surface area contributed by atoms with Crippen LogP contribution in [0.25, 0.3) is 10.9 Å². The van der Waals surface area contributed by atoms with Crippen molar-refractivity contribution < 1.29 is 9.59 Å². The number of carbonyl (C=O) groups is 2. The van der Waals surface area contributed by atoms with Crippen LogP contribution in [0.4, 0.5) is 5.69 Å². The van der Waals surface area contributed by atoms with Crippen LogP contribution in [0.1, 0.15) is 18.1 Å². The summed E-state index contributed by atoms with van der Waals surface area (Å²) in [5.41, 5.74) is 4.16. The van der Waals surface area contributed by atoms with E-state index in [0.29, 0.717) is 13.0 Å². The summed E-state index contributed by atoms with van der Waals surface area (Å²) in [5, 5.41) is 4.18. The van der Waals surface area contributed by atoms with Crippen LogP contribution in [-0.4, -0.2) is 29.4 Å². The lowest BCUT2D eigenvalue weighted by Gasteiger charge is -2.23. The Morgan fingerprint density at radius 1 is 1.15 bits per heavy atom. The maximum atomic E-state index is 12.7. The molecule has 0 fully saturated rings. The number of nitrogens with one attached hydrogen (secondary N) is 2. The summed E-state index contributed by atoms with van der Waals surface area (Å²) in [6.07, 6.45) is 3.30. The molecule has 5 heteroatoms. The first-order valence-corrected chi connectivity index (χ1v) is 8.85. The molecule has 5 nitrogen and oxygen atoms in total. The Morgan fingerprint density at radius 3 is 2.77 bits per heavy atom. The van der Waals surface area contributed by atoms with E-state index in [9.17, 15) is 9.59 Å². The standard InChI is InChI=1S/C21H21N3O2/c1-14(25)24-19-9-5-2-6-15(19)12-20(24)21(26)22-11-10-16-13-23-18-8-4-3-7-17(16)18/h2-9,13,20,23H,10-12H2,1H3,(H,22,26). The number of aromatic amines is 1. The molecule has 1 aromatic heterocycles. The summed E-state index contributed by atoms with van der Waals surface area (Å²) in [7, 11) is 0. The number of fused-ring (bicyclic) bond motifs is 2. The fourth-order valence-corrected chi connectivity index (χ4v) is 3.76. The second kappa shape index (κ2) is 6.67. The normalized spacial score (nSPS) is 15.9. The molecule has 1 atom stereocenters. The molecule has 0 saturated heterocycles. The molecule has 0 bridgehead atoms. The first kappa shape index (κ1) is 16.4. The summed E-state index contributed by atoms with van der Waals surface area (Å²) in [6, 6.07) is 15.4. The monoisotopic (exact) mass is 347 g/mol. The van der Waals surface area contributed by atoms with Gasteiger partial charge in [-0.2, -0.15) is 0 Å². The molecule has 2 amide bonds. The Bertz CT molecular complexity index is 976. The van der Waals surface area contributed by atoms with Crippen LogP contribution in [0.5, 0.6) is 0 Å². The molecule has 2 N–H and O–H groups in total. The smallest absolute Gasteiger partial charge is 0.243 e. The van der Waals surface area contributed by atoms with Crippen LogP contribution in [0.2, 0.25) is 0 Å². The number of rotatable bonds is 4. The highest BCUT2D eigenvalue weighted by molar-refractivity contribution is 6.02. The molecule has 2 aromatic carbocycles. The van der Waals surface area contributed by atoms with Crippen LogP contribution >= 0.6 is 0 Å². The molecule has 0 saturated carbocycles. The topological polar surface area (TPSA) is 65.2 Å². The lowest BCUT2D eigenvalue weighted by atomic mass is 10.1. The van der Waals surface area contributed by atoms with E-state index in [1.807, 2.05) is 48.7 Å². The van der Waals surface area contributed by atoms with E-state index < -0.39 is 6.04 Å². The van der Waals surface area contributed by atoms with Gasteiger partial charge in [0.05, 0.1) is 0 Å². The zero-order chi connectivity index (χ0) is 18.1. The summed E-state index contributed by atoms with van der Waals surface area (Å²) in [4.78, 5) is 29.6. The van der Waals surface area contributed by atoms with Crippen LogP contribution < -0.4 is 10.2 Å². The van der Waals surface area contributed by atoms with E-state index in [1.165, 1.54) is 17.9 Å². The zero-order valence-electron chi connectivity index (χ0n) is 14.7. The van der Waals surface area contributed by atoms with Gasteiger partial charge in [-0.1, -0.05) is 36.4 Å². The fraction of sp³-hybridized carbons (Fsp3) is 0.238. The van der Waals surface area contributed by atoms with E-state index in [-0.39, 0.29) is 11.8 Å². The second-order valence-electron chi connectivity index (χ2n) is 6.64. The van der Waals surface area contributed by atoms with Gasteiger partial charge in [0.1, 0.15) is 6.04 Å². The van der Waals surface area contributed by atoms with Gasteiger partial charge in [-0.05, 0) is 29.7 Å². The summed E-state index contributed by atoms with van der Waals surface area (Å²) >= 11 is 0. The zero-order valence-corrected chi connectivity index (χ0v) is 14.7. The SMILES string of the molecule is CC(=O)N1c2ccccc2CC1C(=O)NCCc1c[nH]c2ccccc12. The second-order valence-corrected chi connectivity index (χ2v) is 6.64. The number of H-pyrrole nitrogens is 1. The van der Waals surface area contributed by atoms with Crippen LogP contribution in [0.3, 0.4) is 0 Å². The predicted octanol–water partition coefficient (Wildman–Crippen LogP) is 2.80. The van der Waals surface area contributed by atoms with Crippen molar-refractivity contribution in [2.45, 2.75) is 25.8 Å². The maximum Gasteiger partial charge on any atom is 0.243 e. The quantitative estimate of drug-likeness (QED) is 0.762. The average molecular weight is 347 g/mol. The van der Waals surface area contributed by atoms with Crippen LogP contribution in [0.15, 0.2) is 54.7 Å². The lowest BCUT2D eigenvalue weighted by Crippen LogP contribution is -2.47. The average Bonchev–Trinajstić information content (AvgIpc) is 3.23. The molecule has 1 aliphatic rings. The Kier molecular flexibility index (Phi) is 4.21. The Hall–Kier alpha value is -3.08. The number of benzene rings is 2. The number of aromatic nitrogens is 1. The van der Waals surface area contributed by atoms with Crippen molar-refractivity contribution >= 4 is 28.4 Å². The number of anilines is 1. The minimum Gasteiger partial charge on any atom is -0.361 e.